The fraction of sp³-hybridized carbons (Fsp3) is 0.556. The van der Waals surface area contributed by atoms with Gasteiger partial charge in [0.25, 0.3) is 0 Å². The number of carbonyl (C=O) groups is 2. The summed E-state index contributed by atoms with van der Waals surface area (Å²) in [7, 11) is 0. The Bertz CT molecular complexity index is 682. The van der Waals surface area contributed by atoms with Crippen LogP contribution in [0, 0.1) is 5.41 Å². The highest BCUT2D eigenvalue weighted by Crippen LogP contribution is 2.44. The molecule has 1 aliphatic carbocycles. The number of hydrogen-bond donors (Lipinski definition) is 2. The molecule has 1 aromatic rings. The van der Waals surface area contributed by atoms with E-state index >= 15 is 0 Å². The maximum absolute atomic E-state index is 13.3. The van der Waals surface area contributed by atoms with Crippen LogP contribution in [0.5, 0.6) is 5.75 Å². The third-order valence-corrected chi connectivity index (χ3v) is 4.50. The molecular weight excluding hydrogens is 351 g/mol. The molecule has 2 rings (SSSR count). The Labute approximate surface area is 149 Å². The van der Waals surface area contributed by atoms with E-state index in [-0.39, 0.29) is 30.4 Å². The van der Waals surface area contributed by atoms with E-state index in [0.717, 1.165) is 12.5 Å². The zero-order valence-electron chi connectivity index (χ0n) is 14.7. The molecule has 1 saturated carbocycles. The number of aliphatic carboxylic acids is 1. The highest BCUT2D eigenvalue weighted by atomic mass is 19.4. The number of carbonyl (C=O) groups excluding carboxylic acids is 1. The van der Waals surface area contributed by atoms with E-state index in [1.54, 1.807) is 13.8 Å². The molecule has 0 aromatic heterocycles. The van der Waals surface area contributed by atoms with Gasteiger partial charge in [-0.15, -0.1) is 0 Å². The molecule has 0 unspecified atom stereocenters. The average Bonchev–Trinajstić information content (AvgIpc) is 2.47. The summed E-state index contributed by atoms with van der Waals surface area (Å²) < 4.78 is 45.1. The van der Waals surface area contributed by atoms with Crippen molar-refractivity contribution in [3.63, 3.8) is 0 Å². The van der Waals surface area contributed by atoms with Crippen molar-refractivity contribution in [1.82, 2.24) is 5.32 Å². The number of ether oxygens (including phenoxy) is 1. The Hall–Kier alpha value is -2.25. The van der Waals surface area contributed by atoms with Crippen LogP contribution >= 0.6 is 0 Å². The first-order valence-corrected chi connectivity index (χ1v) is 8.40. The van der Waals surface area contributed by atoms with Crippen LogP contribution in [0.3, 0.4) is 0 Å². The molecule has 1 aliphatic rings. The van der Waals surface area contributed by atoms with Gasteiger partial charge in [-0.2, -0.15) is 13.2 Å². The molecule has 0 heterocycles. The third-order valence-electron chi connectivity index (χ3n) is 4.50. The fourth-order valence-corrected chi connectivity index (χ4v) is 2.95. The number of nitrogens with one attached hydrogen (secondary N) is 1. The van der Waals surface area contributed by atoms with Gasteiger partial charge in [0.05, 0.1) is 17.1 Å². The predicted octanol–water partition coefficient (Wildman–Crippen LogP) is 3.75. The third kappa shape index (κ3) is 4.68. The molecule has 144 valence electrons. The molecule has 8 heteroatoms. The smallest absolute Gasteiger partial charge is 0.416 e. The summed E-state index contributed by atoms with van der Waals surface area (Å²) in [6, 6.07) is 3.59. The Morgan fingerprint density at radius 2 is 1.96 bits per heavy atom. The number of carboxylic acid groups (broad SMARTS) is 1. The largest absolute Gasteiger partial charge is 0.491 e. The molecule has 0 saturated heterocycles. The lowest BCUT2D eigenvalue weighted by Gasteiger charge is -2.36. The van der Waals surface area contributed by atoms with Crippen molar-refractivity contribution in [2.24, 2.45) is 5.41 Å². The van der Waals surface area contributed by atoms with Crippen molar-refractivity contribution in [2.45, 2.75) is 58.4 Å². The lowest BCUT2D eigenvalue weighted by molar-refractivity contribution is -0.157. The minimum absolute atomic E-state index is 0.0973. The van der Waals surface area contributed by atoms with E-state index in [2.05, 4.69) is 5.32 Å². The molecule has 5 nitrogen and oxygen atoms in total. The first-order valence-electron chi connectivity index (χ1n) is 8.40. The maximum Gasteiger partial charge on any atom is 0.416 e. The van der Waals surface area contributed by atoms with Gasteiger partial charge in [0, 0.05) is 13.0 Å². The van der Waals surface area contributed by atoms with Gasteiger partial charge < -0.3 is 15.2 Å². The quantitative estimate of drug-likeness (QED) is 0.763. The van der Waals surface area contributed by atoms with Crippen LogP contribution in [0.1, 0.15) is 50.7 Å². The molecule has 1 aromatic carbocycles. The van der Waals surface area contributed by atoms with E-state index in [1.165, 1.54) is 12.1 Å². The minimum atomic E-state index is -4.59. The second kappa shape index (κ2) is 7.55. The number of halogens is 3. The number of rotatable bonds is 7. The van der Waals surface area contributed by atoms with Crippen LogP contribution in [0.2, 0.25) is 0 Å². The summed E-state index contributed by atoms with van der Waals surface area (Å²) in [5.74, 6) is -1.51. The maximum atomic E-state index is 13.3. The highest BCUT2D eigenvalue weighted by Gasteiger charge is 2.45. The van der Waals surface area contributed by atoms with E-state index < -0.39 is 29.0 Å². The van der Waals surface area contributed by atoms with Gasteiger partial charge in [0.1, 0.15) is 5.75 Å². The summed E-state index contributed by atoms with van der Waals surface area (Å²) in [6.07, 6.45) is -3.54. The van der Waals surface area contributed by atoms with Crippen LogP contribution in [0.15, 0.2) is 18.2 Å². The number of alkyl halides is 3. The van der Waals surface area contributed by atoms with Gasteiger partial charge in [-0.25, -0.2) is 0 Å². The number of benzene rings is 1. The monoisotopic (exact) mass is 373 g/mol. The van der Waals surface area contributed by atoms with Gasteiger partial charge in [-0.1, -0.05) is 12.5 Å². The lowest BCUT2D eigenvalue weighted by atomic mass is 9.66. The number of amides is 1. The molecule has 1 fully saturated rings. The molecular formula is C18H22F3NO4. The van der Waals surface area contributed by atoms with Crippen molar-refractivity contribution < 1.29 is 32.6 Å². The van der Waals surface area contributed by atoms with E-state index in [1.807, 2.05) is 0 Å². The Kier molecular flexibility index (Phi) is 5.83. The molecule has 26 heavy (non-hydrogen) atoms. The lowest BCUT2D eigenvalue weighted by Crippen LogP contribution is -2.42. The van der Waals surface area contributed by atoms with Gasteiger partial charge in [0.15, 0.2) is 0 Å². The summed E-state index contributed by atoms with van der Waals surface area (Å²) in [5.41, 5.74) is -2.06. The Morgan fingerprint density at radius 1 is 1.31 bits per heavy atom. The van der Waals surface area contributed by atoms with Crippen molar-refractivity contribution >= 4 is 11.9 Å². The van der Waals surface area contributed by atoms with E-state index in [0.29, 0.717) is 12.8 Å². The predicted molar refractivity (Wildman–Crippen MR) is 87.6 cm³/mol. The highest BCUT2D eigenvalue weighted by molar-refractivity contribution is 5.85. The Balaban J connectivity index is 2.08. The first-order chi connectivity index (χ1) is 12.0. The van der Waals surface area contributed by atoms with Crippen molar-refractivity contribution in [3.8, 4) is 5.75 Å². The van der Waals surface area contributed by atoms with Crippen LogP contribution in [-0.4, -0.2) is 23.1 Å². The summed E-state index contributed by atoms with van der Waals surface area (Å²) in [5, 5.41) is 11.6. The normalized spacial score (nSPS) is 16.1. The fourth-order valence-electron chi connectivity index (χ4n) is 2.95. The average molecular weight is 373 g/mol. The summed E-state index contributed by atoms with van der Waals surface area (Å²) >= 11 is 0. The van der Waals surface area contributed by atoms with Crippen LogP contribution < -0.4 is 10.1 Å². The zero-order valence-corrected chi connectivity index (χ0v) is 14.7. The Morgan fingerprint density at radius 3 is 2.42 bits per heavy atom. The summed E-state index contributed by atoms with van der Waals surface area (Å²) in [4.78, 5) is 23.3. The van der Waals surface area contributed by atoms with E-state index in [9.17, 15) is 27.9 Å². The molecule has 0 aliphatic heterocycles. The summed E-state index contributed by atoms with van der Waals surface area (Å²) in [6.45, 7) is 3.09. The number of hydrogen-bond acceptors (Lipinski definition) is 3. The molecule has 0 radical (unpaired) electrons. The molecule has 0 atom stereocenters. The minimum Gasteiger partial charge on any atom is -0.491 e. The SMILES string of the molecule is CC(C)Oc1ccc(CNC(=O)CC2(C(=O)O)CCC2)c(C(F)(F)F)c1. The number of carboxylic acids is 1. The zero-order chi connectivity index (χ0) is 19.5. The van der Waals surface area contributed by atoms with Crippen molar-refractivity contribution in [1.29, 1.82) is 0 Å². The molecule has 0 bridgehead atoms. The van der Waals surface area contributed by atoms with Crippen LogP contribution in [0.25, 0.3) is 0 Å². The van der Waals surface area contributed by atoms with Gasteiger partial charge >= 0.3 is 12.1 Å². The molecule has 1 amide bonds. The van der Waals surface area contributed by atoms with E-state index in [4.69, 9.17) is 4.74 Å². The van der Waals surface area contributed by atoms with Gasteiger partial charge in [-0.05, 0) is 44.4 Å². The standard InChI is InChI=1S/C18H22F3NO4/c1-11(2)26-13-5-4-12(14(8-13)18(19,20)21)10-22-15(23)9-17(16(24)25)6-3-7-17/h4-5,8,11H,3,6-7,9-10H2,1-2H3,(H,22,23)(H,24,25). The van der Waals surface area contributed by atoms with Crippen molar-refractivity contribution in [2.75, 3.05) is 0 Å². The second-order valence-electron chi connectivity index (χ2n) is 6.88. The molecule has 2 N–H and O–H groups in total. The van der Waals surface area contributed by atoms with Gasteiger partial charge in [0.2, 0.25) is 5.91 Å². The van der Waals surface area contributed by atoms with Crippen LogP contribution in [0.4, 0.5) is 13.2 Å². The molecule has 0 spiro atoms. The second-order valence-corrected chi connectivity index (χ2v) is 6.88. The first kappa shape index (κ1) is 20.1. The van der Waals surface area contributed by atoms with Gasteiger partial charge in [-0.3, -0.25) is 9.59 Å². The van der Waals surface area contributed by atoms with Crippen LogP contribution in [-0.2, 0) is 22.3 Å². The topological polar surface area (TPSA) is 75.6 Å². The van der Waals surface area contributed by atoms with Crippen molar-refractivity contribution in [3.05, 3.63) is 29.3 Å².